The van der Waals surface area contributed by atoms with Gasteiger partial charge < -0.3 is 29.4 Å². The molecule has 0 bridgehead atoms. The predicted octanol–water partition coefficient (Wildman–Crippen LogP) is 5.35. The fraction of sp³-hybridized carbons (Fsp3) is 0.355. The number of rotatable bonds is 14. The highest BCUT2D eigenvalue weighted by atomic mass is 16.6. The van der Waals surface area contributed by atoms with Crippen molar-refractivity contribution in [2.75, 3.05) is 6.54 Å². The highest BCUT2D eigenvalue weighted by Crippen LogP contribution is 2.19. The number of aliphatic carboxylic acids is 1. The fourth-order valence-electron chi connectivity index (χ4n) is 3.77. The summed E-state index contributed by atoms with van der Waals surface area (Å²) in [7, 11) is 0. The Morgan fingerprint density at radius 2 is 1.15 bits per heavy atom. The summed E-state index contributed by atoms with van der Waals surface area (Å²) in [6.45, 7) is 5.60. The van der Waals surface area contributed by atoms with Crippen LogP contribution in [0, 0.1) is 0 Å². The monoisotopic (exact) mass is 535 g/mol. The third-order valence-electron chi connectivity index (χ3n) is 5.62. The van der Waals surface area contributed by atoms with Crippen LogP contribution < -0.4 is 5.32 Å². The third-order valence-corrected chi connectivity index (χ3v) is 5.62. The Bertz CT molecular complexity index is 1130. The van der Waals surface area contributed by atoms with Gasteiger partial charge in [-0.05, 0) is 37.5 Å². The lowest BCUT2D eigenvalue weighted by atomic mass is 10.1. The molecule has 0 aliphatic heterocycles. The van der Waals surface area contributed by atoms with Crippen LogP contribution in [0.2, 0.25) is 0 Å². The highest BCUT2D eigenvalue weighted by Gasteiger charge is 2.38. The van der Waals surface area contributed by atoms with Gasteiger partial charge in [-0.25, -0.2) is 9.59 Å². The molecule has 8 heteroatoms. The number of amides is 1. The van der Waals surface area contributed by atoms with Crippen LogP contribution in [0.4, 0.5) is 4.79 Å². The van der Waals surface area contributed by atoms with Gasteiger partial charge >= 0.3 is 12.1 Å². The largest absolute Gasteiger partial charge is 0.479 e. The zero-order chi connectivity index (χ0) is 28.1. The van der Waals surface area contributed by atoms with Crippen molar-refractivity contribution >= 4 is 12.1 Å². The van der Waals surface area contributed by atoms with Gasteiger partial charge in [0, 0.05) is 6.54 Å². The van der Waals surface area contributed by atoms with Gasteiger partial charge in [-0.1, -0.05) is 91.0 Å². The van der Waals surface area contributed by atoms with E-state index < -0.39 is 36.0 Å². The third kappa shape index (κ3) is 10.9. The number of nitrogens with one attached hydrogen (secondary N) is 1. The van der Waals surface area contributed by atoms with Crippen molar-refractivity contribution in [3.63, 3.8) is 0 Å². The topological polar surface area (TPSA) is 103 Å². The second-order valence-corrected chi connectivity index (χ2v) is 10.0. The van der Waals surface area contributed by atoms with Crippen molar-refractivity contribution in [2.45, 2.75) is 64.5 Å². The van der Waals surface area contributed by atoms with Crippen molar-refractivity contribution in [3.8, 4) is 0 Å². The molecular weight excluding hydrogens is 498 g/mol. The van der Waals surface area contributed by atoms with Crippen molar-refractivity contribution in [2.24, 2.45) is 0 Å². The van der Waals surface area contributed by atoms with E-state index in [0.29, 0.717) is 0 Å². The molecule has 3 aromatic carbocycles. The molecular formula is C31H37NO7. The number of carboxylic acids is 1. The summed E-state index contributed by atoms with van der Waals surface area (Å²) >= 11 is 0. The van der Waals surface area contributed by atoms with Crippen LogP contribution in [0.5, 0.6) is 0 Å². The number of ether oxygens (including phenoxy) is 4. The molecule has 0 fully saturated rings. The van der Waals surface area contributed by atoms with Crippen LogP contribution in [0.1, 0.15) is 37.5 Å². The molecule has 8 nitrogen and oxygen atoms in total. The number of benzene rings is 3. The predicted molar refractivity (Wildman–Crippen MR) is 147 cm³/mol. The lowest BCUT2D eigenvalue weighted by Gasteiger charge is -2.32. The highest BCUT2D eigenvalue weighted by molar-refractivity contribution is 5.73. The smallest absolute Gasteiger partial charge is 0.407 e. The molecule has 0 aromatic heterocycles. The van der Waals surface area contributed by atoms with Gasteiger partial charge in [0.1, 0.15) is 17.8 Å². The van der Waals surface area contributed by atoms with E-state index in [0.717, 1.165) is 16.7 Å². The molecule has 0 aliphatic carbocycles. The SMILES string of the molecule is CC(C)(C)OC(=O)NC[C@@H](OCc1ccccc1)[C@@H](OCc1ccccc1)[C@H](OCc1ccccc1)C(=O)O. The zero-order valence-corrected chi connectivity index (χ0v) is 22.6. The summed E-state index contributed by atoms with van der Waals surface area (Å²) in [6.07, 6.45) is -3.96. The Morgan fingerprint density at radius 3 is 1.59 bits per heavy atom. The van der Waals surface area contributed by atoms with E-state index in [4.69, 9.17) is 18.9 Å². The summed E-state index contributed by atoms with van der Waals surface area (Å²) in [6, 6.07) is 28.2. The van der Waals surface area contributed by atoms with Gasteiger partial charge in [0.25, 0.3) is 0 Å². The van der Waals surface area contributed by atoms with Gasteiger partial charge in [-0.2, -0.15) is 0 Å². The van der Waals surface area contributed by atoms with Crippen LogP contribution in [0.25, 0.3) is 0 Å². The quantitative estimate of drug-likeness (QED) is 0.287. The maximum Gasteiger partial charge on any atom is 0.407 e. The number of carbonyl (C=O) groups excluding carboxylic acids is 1. The van der Waals surface area contributed by atoms with Gasteiger partial charge in [0.2, 0.25) is 0 Å². The second kappa shape index (κ2) is 15.0. The van der Waals surface area contributed by atoms with E-state index in [1.165, 1.54) is 0 Å². The van der Waals surface area contributed by atoms with Crippen molar-refractivity contribution in [3.05, 3.63) is 108 Å². The molecule has 0 unspecified atom stereocenters. The summed E-state index contributed by atoms with van der Waals surface area (Å²) in [5, 5.41) is 12.9. The van der Waals surface area contributed by atoms with Gasteiger partial charge in [-0.3, -0.25) is 0 Å². The minimum atomic E-state index is -1.38. The number of hydrogen-bond donors (Lipinski definition) is 2. The molecule has 3 rings (SSSR count). The number of carbonyl (C=O) groups is 2. The number of alkyl carbamates (subject to hydrolysis) is 1. The second-order valence-electron chi connectivity index (χ2n) is 10.0. The summed E-state index contributed by atoms with van der Waals surface area (Å²) in [4.78, 5) is 25.0. The molecule has 0 spiro atoms. The molecule has 0 heterocycles. The Balaban J connectivity index is 1.86. The Hall–Kier alpha value is -3.72. The lowest BCUT2D eigenvalue weighted by Crippen LogP contribution is -2.51. The Labute approximate surface area is 229 Å². The molecule has 0 saturated heterocycles. The van der Waals surface area contributed by atoms with Crippen LogP contribution in [-0.2, 0) is 43.6 Å². The standard InChI is InChI=1S/C31H37NO7/c1-31(2,3)39-30(35)32-19-26(36-20-23-13-7-4-8-14-23)27(37-21-24-15-9-5-10-16-24)28(29(33)34)38-22-25-17-11-6-12-18-25/h4-18,26-28H,19-22H2,1-3H3,(H,32,35)(H,33,34)/t26-,27-,28+/m1/s1. The maximum atomic E-state index is 12.5. The molecule has 3 atom stereocenters. The average Bonchev–Trinajstić information content (AvgIpc) is 2.91. The minimum Gasteiger partial charge on any atom is -0.479 e. The first-order valence-corrected chi connectivity index (χ1v) is 12.9. The van der Waals surface area contributed by atoms with E-state index in [2.05, 4.69) is 5.32 Å². The summed E-state index contributed by atoms with van der Waals surface area (Å²) in [5.74, 6) is -1.20. The molecule has 208 valence electrons. The van der Waals surface area contributed by atoms with Crippen LogP contribution >= 0.6 is 0 Å². The molecule has 39 heavy (non-hydrogen) atoms. The van der Waals surface area contributed by atoms with Crippen molar-refractivity contribution in [1.29, 1.82) is 0 Å². The van der Waals surface area contributed by atoms with Crippen LogP contribution in [-0.4, -0.2) is 47.6 Å². The maximum absolute atomic E-state index is 12.5. The molecule has 3 aromatic rings. The summed E-state index contributed by atoms with van der Waals surface area (Å²) < 4.78 is 23.7. The van der Waals surface area contributed by atoms with E-state index >= 15 is 0 Å². The molecule has 2 N–H and O–H groups in total. The van der Waals surface area contributed by atoms with E-state index in [9.17, 15) is 14.7 Å². The first-order chi connectivity index (χ1) is 18.7. The number of hydrogen-bond acceptors (Lipinski definition) is 6. The first kappa shape index (κ1) is 29.8. The molecule has 1 amide bonds. The molecule has 0 saturated carbocycles. The minimum absolute atomic E-state index is 0.0559. The Kier molecular flexibility index (Phi) is 11.5. The zero-order valence-electron chi connectivity index (χ0n) is 22.6. The fourth-order valence-corrected chi connectivity index (χ4v) is 3.77. The van der Waals surface area contributed by atoms with Crippen LogP contribution in [0.3, 0.4) is 0 Å². The average molecular weight is 536 g/mol. The Morgan fingerprint density at radius 1 is 0.718 bits per heavy atom. The van der Waals surface area contributed by atoms with E-state index in [-0.39, 0.29) is 26.4 Å². The van der Waals surface area contributed by atoms with Crippen molar-refractivity contribution in [1.82, 2.24) is 5.32 Å². The van der Waals surface area contributed by atoms with Crippen LogP contribution in [0.15, 0.2) is 91.0 Å². The normalized spacial score (nSPS) is 13.7. The van der Waals surface area contributed by atoms with Gasteiger partial charge in [0.15, 0.2) is 6.10 Å². The van der Waals surface area contributed by atoms with Crippen molar-refractivity contribution < 1.29 is 33.6 Å². The lowest BCUT2D eigenvalue weighted by molar-refractivity contribution is -0.181. The number of carboxylic acid groups (broad SMARTS) is 1. The van der Waals surface area contributed by atoms with E-state index in [1.807, 2.05) is 91.0 Å². The first-order valence-electron chi connectivity index (χ1n) is 12.9. The van der Waals surface area contributed by atoms with Gasteiger partial charge in [0.05, 0.1) is 19.8 Å². The summed E-state index contributed by atoms with van der Waals surface area (Å²) in [5.41, 5.74) is 1.87. The van der Waals surface area contributed by atoms with E-state index in [1.54, 1.807) is 20.8 Å². The molecule has 0 aliphatic rings. The van der Waals surface area contributed by atoms with Gasteiger partial charge in [-0.15, -0.1) is 0 Å². The molecule has 0 radical (unpaired) electrons.